The number of benzene rings is 1. The van der Waals surface area contributed by atoms with Crippen LogP contribution in [-0.4, -0.2) is 11.6 Å². The van der Waals surface area contributed by atoms with E-state index in [9.17, 15) is 0 Å². The normalized spacial score (nSPS) is 19.5. The van der Waals surface area contributed by atoms with Crippen LogP contribution in [0.15, 0.2) is 24.4 Å². The third-order valence-electron chi connectivity index (χ3n) is 3.34. The number of nitrogens with one attached hydrogen (secondary N) is 1. The average molecular weight is 227 g/mol. The number of H-pyrrole nitrogens is 1. The smallest absolute Gasteiger partial charge is 0.136 e. The topological polar surface area (TPSA) is 25.0 Å². The van der Waals surface area contributed by atoms with Crippen molar-refractivity contribution in [3.63, 3.8) is 0 Å². The van der Waals surface area contributed by atoms with E-state index in [1.807, 2.05) is 6.92 Å². The fourth-order valence-electron chi connectivity index (χ4n) is 2.56. The molecule has 0 aliphatic carbocycles. The van der Waals surface area contributed by atoms with Gasteiger partial charge in [-0.2, -0.15) is 0 Å². The Kier molecular flexibility index (Phi) is 2.43. The Morgan fingerprint density at radius 1 is 1.41 bits per heavy atom. The van der Waals surface area contributed by atoms with Crippen LogP contribution in [0.3, 0.4) is 0 Å². The Morgan fingerprint density at radius 3 is 3.12 bits per heavy atom. The van der Waals surface area contributed by atoms with Crippen LogP contribution in [0, 0.1) is 5.92 Å². The van der Waals surface area contributed by atoms with Crippen molar-refractivity contribution < 1.29 is 4.74 Å². The summed E-state index contributed by atoms with van der Waals surface area (Å²) < 4.78 is 6.00. The maximum absolute atomic E-state index is 6.00. The summed E-state index contributed by atoms with van der Waals surface area (Å²) in [5, 5.41) is 1.27. The lowest BCUT2D eigenvalue weighted by Crippen LogP contribution is -2.08. The number of hydrogen-bond donors (Lipinski definition) is 1. The summed E-state index contributed by atoms with van der Waals surface area (Å²) in [4.78, 5) is 3.33. The molecule has 0 saturated carbocycles. The first-order chi connectivity index (χ1) is 8.29. The monoisotopic (exact) mass is 227 g/mol. The van der Waals surface area contributed by atoms with E-state index >= 15 is 0 Å². The molecular formula is C15H17NO. The quantitative estimate of drug-likeness (QED) is 0.788. The molecule has 1 aliphatic heterocycles. The van der Waals surface area contributed by atoms with Crippen molar-refractivity contribution in [1.29, 1.82) is 0 Å². The summed E-state index contributed by atoms with van der Waals surface area (Å²) in [6, 6.07) is 4.25. The van der Waals surface area contributed by atoms with Gasteiger partial charge in [0.2, 0.25) is 0 Å². The molecule has 0 saturated heterocycles. The molecule has 1 aromatic carbocycles. The van der Waals surface area contributed by atoms with E-state index in [4.69, 9.17) is 4.74 Å². The molecule has 1 atom stereocenters. The predicted octanol–water partition coefficient (Wildman–Crippen LogP) is 3.77. The molecule has 2 heteroatoms. The number of aromatic amines is 1. The second-order valence-corrected chi connectivity index (χ2v) is 4.84. The number of aromatic nitrogens is 1. The van der Waals surface area contributed by atoms with Gasteiger partial charge in [-0.3, -0.25) is 0 Å². The standard InChI is InChI=1S/C15H17NO/c1-3-4-11-5-6-13-14-12(8-16-13)7-10(2)9-17-15(11)14/h3-6,8,10,16H,7,9H2,1-2H3/b4-3+. The van der Waals surface area contributed by atoms with Crippen LogP contribution in [0.25, 0.3) is 17.0 Å². The van der Waals surface area contributed by atoms with Crippen LogP contribution in [0.5, 0.6) is 5.75 Å². The van der Waals surface area contributed by atoms with Gasteiger partial charge in [-0.15, -0.1) is 0 Å². The van der Waals surface area contributed by atoms with Gasteiger partial charge in [0, 0.05) is 22.7 Å². The highest BCUT2D eigenvalue weighted by Crippen LogP contribution is 2.36. The molecule has 0 radical (unpaired) electrons. The van der Waals surface area contributed by atoms with Gasteiger partial charge >= 0.3 is 0 Å². The number of rotatable bonds is 1. The van der Waals surface area contributed by atoms with Gasteiger partial charge in [0.15, 0.2) is 0 Å². The van der Waals surface area contributed by atoms with Gasteiger partial charge in [-0.25, -0.2) is 0 Å². The lowest BCUT2D eigenvalue weighted by atomic mass is 10.0. The molecule has 1 aliphatic rings. The highest BCUT2D eigenvalue weighted by Gasteiger charge is 2.19. The lowest BCUT2D eigenvalue weighted by molar-refractivity contribution is 0.267. The lowest BCUT2D eigenvalue weighted by Gasteiger charge is -2.10. The van der Waals surface area contributed by atoms with Crippen LogP contribution >= 0.6 is 0 Å². The van der Waals surface area contributed by atoms with Crippen molar-refractivity contribution in [2.45, 2.75) is 20.3 Å². The summed E-state index contributed by atoms with van der Waals surface area (Å²) in [5.41, 5.74) is 3.73. The van der Waals surface area contributed by atoms with E-state index in [2.05, 4.69) is 42.4 Å². The summed E-state index contributed by atoms with van der Waals surface area (Å²) in [7, 11) is 0. The molecule has 1 aromatic heterocycles. The van der Waals surface area contributed by atoms with E-state index in [0.29, 0.717) is 5.92 Å². The van der Waals surface area contributed by atoms with Crippen LogP contribution in [-0.2, 0) is 6.42 Å². The number of allylic oxidation sites excluding steroid dienone is 1. The van der Waals surface area contributed by atoms with Crippen molar-refractivity contribution in [2.24, 2.45) is 5.92 Å². The van der Waals surface area contributed by atoms with E-state index in [1.165, 1.54) is 22.0 Å². The maximum Gasteiger partial charge on any atom is 0.136 e. The summed E-state index contributed by atoms with van der Waals surface area (Å²) >= 11 is 0. The van der Waals surface area contributed by atoms with Gasteiger partial charge in [-0.05, 0) is 37.0 Å². The fraction of sp³-hybridized carbons (Fsp3) is 0.333. The van der Waals surface area contributed by atoms with E-state index in [-0.39, 0.29) is 0 Å². The Morgan fingerprint density at radius 2 is 2.29 bits per heavy atom. The van der Waals surface area contributed by atoms with Gasteiger partial charge in [0.1, 0.15) is 5.75 Å². The molecule has 1 N–H and O–H groups in total. The zero-order valence-corrected chi connectivity index (χ0v) is 10.3. The molecule has 88 valence electrons. The van der Waals surface area contributed by atoms with Gasteiger partial charge in [0.05, 0.1) is 6.61 Å². The van der Waals surface area contributed by atoms with Crippen LogP contribution < -0.4 is 4.74 Å². The van der Waals surface area contributed by atoms with E-state index < -0.39 is 0 Å². The van der Waals surface area contributed by atoms with Crippen LogP contribution in [0.2, 0.25) is 0 Å². The largest absolute Gasteiger partial charge is 0.492 e. The Labute approximate surface area is 101 Å². The van der Waals surface area contributed by atoms with E-state index in [0.717, 1.165) is 18.8 Å². The van der Waals surface area contributed by atoms with Crippen molar-refractivity contribution >= 4 is 17.0 Å². The van der Waals surface area contributed by atoms with Crippen molar-refractivity contribution in [3.8, 4) is 5.75 Å². The summed E-state index contributed by atoms with van der Waals surface area (Å²) in [5.74, 6) is 1.61. The minimum Gasteiger partial charge on any atom is -0.492 e. The maximum atomic E-state index is 6.00. The van der Waals surface area contributed by atoms with Gasteiger partial charge in [0.25, 0.3) is 0 Å². The molecule has 17 heavy (non-hydrogen) atoms. The van der Waals surface area contributed by atoms with Gasteiger partial charge in [-0.1, -0.05) is 19.1 Å². The minimum absolute atomic E-state index is 0.569. The molecule has 3 rings (SSSR count). The fourth-order valence-corrected chi connectivity index (χ4v) is 2.56. The Balaban J connectivity index is 2.29. The Hall–Kier alpha value is -1.70. The average Bonchev–Trinajstić information content (AvgIpc) is 2.63. The predicted molar refractivity (Wildman–Crippen MR) is 71.4 cm³/mol. The highest BCUT2D eigenvalue weighted by molar-refractivity contribution is 5.93. The SMILES string of the molecule is C/C=C/c1ccc2[nH]cc3c2c1OCC(C)C3. The molecule has 2 nitrogen and oxygen atoms in total. The zero-order valence-electron chi connectivity index (χ0n) is 10.3. The molecule has 0 bridgehead atoms. The molecule has 0 spiro atoms. The van der Waals surface area contributed by atoms with Crippen LogP contribution in [0.1, 0.15) is 25.0 Å². The highest BCUT2D eigenvalue weighted by atomic mass is 16.5. The second kappa shape index (κ2) is 3.95. The third-order valence-corrected chi connectivity index (χ3v) is 3.34. The molecule has 0 fully saturated rings. The third kappa shape index (κ3) is 1.64. The summed E-state index contributed by atoms with van der Waals surface area (Å²) in [6.45, 7) is 5.08. The van der Waals surface area contributed by atoms with Crippen molar-refractivity contribution in [2.75, 3.05) is 6.61 Å². The first-order valence-corrected chi connectivity index (χ1v) is 6.18. The first-order valence-electron chi connectivity index (χ1n) is 6.18. The number of ether oxygens (including phenoxy) is 1. The minimum atomic E-state index is 0.569. The van der Waals surface area contributed by atoms with Gasteiger partial charge < -0.3 is 9.72 Å². The Bertz CT molecular complexity index is 580. The zero-order chi connectivity index (χ0) is 11.8. The van der Waals surface area contributed by atoms with Crippen molar-refractivity contribution in [1.82, 2.24) is 4.98 Å². The molecule has 0 amide bonds. The molecule has 2 heterocycles. The van der Waals surface area contributed by atoms with Crippen molar-refractivity contribution in [3.05, 3.63) is 35.5 Å². The molecule has 1 unspecified atom stereocenters. The van der Waals surface area contributed by atoms with Crippen LogP contribution in [0.4, 0.5) is 0 Å². The molecular weight excluding hydrogens is 210 g/mol. The summed E-state index contributed by atoms with van der Waals surface area (Å²) in [6.07, 6.45) is 7.38. The van der Waals surface area contributed by atoms with E-state index in [1.54, 1.807) is 0 Å². The second-order valence-electron chi connectivity index (χ2n) is 4.84. The first kappa shape index (κ1) is 10.5. The molecule has 2 aromatic rings. The number of hydrogen-bond acceptors (Lipinski definition) is 1.